The van der Waals surface area contributed by atoms with E-state index in [4.69, 9.17) is 7.16 Å². The van der Waals surface area contributed by atoms with E-state index in [1.165, 1.54) is 0 Å². The van der Waals surface area contributed by atoms with Crippen molar-refractivity contribution in [1.29, 1.82) is 0 Å². The van der Waals surface area contributed by atoms with Gasteiger partial charge in [-0.05, 0) is 48.2 Å². The molecular weight excluding hydrogens is 356 g/mol. The van der Waals surface area contributed by atoms with Gasteiger partial charge < -0.3 is 4.42 Å². The molecule has 29 heavy (non-hydrogen) atoms. The third-order valence-corrected chi connectivity index (χ3v) is 5.98. The van der Waals surface area contributed by atoms with Crippen LogP contribution in [-0.2, 0) is 6.37 Å². The van der Waals surface area contributed by atoms with Gasteiger partial charge in [-0.2, -0.15) is 0 Å². The second kappa shape index (κ2) is 6.70. The Morgan fingerprint density at radius 3 is 2.79 bits per heavy atom. The number of aromatic nitrogens is 2. The smallest absolute Gasteiger partial charge is 0.161 e. The van der Waals surface area contributed by atoms with Crippen molar-refractivity contribution < 1.29 is 7.16 Å². The van der Waals surface area contributed by atoms with E-state index < -0.39 is 6.37 Å². The second-order valence-electron chi connectivity index (χ2n) is 7.89. The van der Waals surface area contributed by atoms with Gasteiger partial charge in [0.1, 0.15) is 11.1 Å². The van der Waals surface area contributed by atoms with Gasteiger partial charge in [0.15, 0.2) is 5.58 Å². The molecule has 1 saturated carbocycles. The maximum absolute atomic E-state index is 8.73. The molecule has 142 valence electrons. The van der Waals surface area contributed by atoms with Gasteiger partial charge in [-0.1, -0.05) is 49.9 Å². The monoisotopic (exact) mass is 380 g/mol. The summed E-state index contributed by atoms with van der Waals surface area (Å²) < 4.78 is 23.6. The molecule has 0 amide bonds. The van der Waals surface area contributed by atoms with Crippen molar-refractivity contribution >= 4 is 32.8 Å². The van der Waals surface area contributed by atoms with Crippen LogP contribution in [0.5, 0.6) is 0 Å². The molecule has 0 saturated heterocycles. The zero-order valence-electron chi connectivity index (χ0n) is 18.1. The van der Waals surface area contributed by atoms with Gasteiger partial charge in [0, 0.05) is 36.9 Å². The number of furan rings is 1. The highest BCUT2D eigenvalue weighted by Crippen LogP contribution is 2.35. The molecule has 3 heteroatoms. The lowest BCUT2D eigenvalue weighted by molar-refractivity contribution is 0.546. The van der Waals surface area contributed by atoms with E-state index in [9.17, 15) is 0 Å². The number of nitrogens with zero attached hydrogens (tertiary/aromatic N) is 2. The Balaban J connectivity index is 1.47. The Kier molecular flexibility index (Phi) is 3.41. The van der Waals surface area contributed by atoms with Gasteiger partial charge in [0.25, 0.3) is 0 Å². The molecule has 0 bridgehead atoms. The third-order valence-electron chi connectivity index (χ3n) is 5.98. The van der Waals surface area contributed by atoms with Crippen LogP contribution in [0.15, 0.2) is 71.4 Å². The summed E-state index contributed by atoms with van der Waals surface area (Å²) in [5.41, 5.74) is 4.86. The molecule has 3 aromatic heterocycles. The fraction of sp³-hybridized carbons (Fsp3) is 0.231. The number of benzene rings is 2. The lowest BCUT2D eigenvalue weighted by Gasteiger charge is -2.10. The van der Waals surface area contributed by atoms with Crippen molar-refractivity contribution in [1.82, 2.24) is 9.97 Å². The largest absolute Gasteiger partial charge is 0.454 e. The highest BCUT2D eigenvalue weighted by atomic mass is 16.3. The average Bonchev–Trinajstić information content (AvgIpc) is 3.47. The van der Waals surface area contributed by atoms with Gasteiger partial charge >= 0.3 is 0 Å². The summed E-state index contributed by atoms with van der Waals surface area (Å²) in [6.45, 7) is 0. The van der Waals surface area contributed by atoms with Crippen LogP contribution < -0.4 is 0 Å². The normalized spacial score (nSPS) is 16.6. The Morgan fingerprint density at radius 2 is 1.86 bits per heavy atom. The number of pyridine rings is 2. The summed E-state index contributed by atoms with van der Waals surface area (Å²) in [6.07, 6.45) is 6.42. The number of hydrogen-bond acceptors (Lipinski definition) is 3. The van der Waals surface area contributed by atoms with Gasteiger partial charge in [0.2, 0.25) is 0 Å². The Bertz CT molecular complexity index is 1430. The number of fused-ring (bicyclic) bond motifs is 5. The van der Waals surface area contributed by atoms with Gasteiger partial charge in [-0.15, -0.1) is 0 Å². The van der Waals surface area contributed by atoms with E-state index in [1.807, 2.05) is 48.7 Å². The van der Waals surface area contributed by atoms with Gasteiger partial charge in [-0.3, -0.25) is 9.97 Å². The minimum Gasteiger partial charge on any atom is -0.454 e. The minimum absolute atomic E-state index is 0.0838. The summed E-state index contributed by atoms with van der Waals surface area (Å²) in [7, 11) is 0. The minimum atomic E-state index is -1.33. The van der Waals surface area contributed by atoms with Crippen molar-refractivity contribution in [2.24, 2.45) is 5.92 Å². The predicted molar refractivity (Wildman–Crippen MR) is 118 cm³/mol. The Hall–Kier alpha value is -3.20. The maximum Gasteiger partial charge on any atom is 0.161 e. The first-order chi connectivity index (χ1) is 15.1. The van der Waals surface area contributed by atoms with E-state index in [0.29, 0.717) is 5.56 Å². The summed E-state index contributed by atoms with van der Waals surface area (Å²) in [5, 5.41) is 3.05. The molecule has 6 rings (SSSR count). The van der Waals surface area contributed by atoms with Gasteiger partial charge in [-0.25, -0.2) is 0 Å². The highest BCUT2D eigenvalue weighted by molar-refractivity contribution is 6.13. The molecule has 0 aliphatic heterocycles. The van der Waals surface area contributed by atoms with Crippen LogP contribution in [0.3, 0.4) is 0 Å². The predicted octanol–water partition coefficient (Wildman–Crippen LogP) is 6.93. The van der Waals surface area contributed by atoms with Crippen LogP contribution in [0.1, 0.15) is 34.0 Å². The molecule has 3 heterocycles. The lowest BCUT2D eigenvalue weighted by atomic mass is 9.97. The summed E-state index contributed by atoms with van der Waals surface area (Å²) in [6, 6.07) is 17.8. The molecule has 5 aromatic rings. The molecule has 3 nitrogen and oxygen atoms in total. The first kappa shape index (κ1) is 14.7. The molecule has 0 unspecified atom stereocenters. The molecule has 1 aliphatic carbocycles. The van der Waals surface area contributed by atoms with Crippen molar-refractivity contribution in [2.75, 3.05) is 0 Å². The Morgan fingerprint density at radius 1 is 0.966 bits per heavy atom. The molecular formula is C26H22N2O. The van der Waals surface area contributed by atoms with Crippen LogP contribution in [0.4, 0.5) is 0 Å². The van der Waals surface area contributed by atoms with E-state index in [1.54, 1.807) is 6.20 Å². The Labute approximate surface area is 172 Å². The van der Waals surface area contributed by atoms with Crippen LogP contribution >= 0.6 is 0 Å². The zero-order chi connectivity index (χ0) is 21.0. The van der Waals surface area contributed by atoms with E-state index in [-0.39, 0.29) is 5.92 Å². The molecule has 1 aliphatic rings. The van der Waals surface area contributed by atoms with E-state index in [2.05, 4.69) is 22.1 Å². The first-order valence-corrected chi connectivity index (χ1v) is 10.3. The SMILES string of the molecule is [2H]C([2H])(c1ccnc(-c2ccc3oc4c5ccccc5cnc4c3c2)c1)C1CCCC1. The van der Waals surface area contributed by atoms with Crippen LogP contribution in [0, 0.1) is 5.92 Å². The number of rotatable bonds is 3. The fourth-order valence-corrected chi connectivity index (χ4v) is 4.49. The molecule has 1 fully saturated rings. The summed E-state index contributed by atoms with van der Waals surface area (Å²) in [5.74, 6) is 0.0838. The topological polar surface area (TPSA) is 38.9 Å². The maximum atomic E-state index is 8.73. The molecule has 0 radical (unpaired) electrons. The lowest BCUT2D eigenvalue weighted by Crippen LogP contribution is -1.99. The highest BCUT2D eigenvalue weighted by Gasteiger charge is 2.16. The summed E-state index contributed by atoms with van der Waals surface area (Å²) in [4.78, 5) is 9.22. The molecule has 0 N–H and O–H groups in total. The average molecular weight is 380 g/mol. The first-order valence-electron chi connectivity index (χ1n) is 11.3. The van der Waals surface area contributed by atoms with Crippen LogP contribution in [0.25, 0.3) is 44.1 Å². The second-order valence-corrected chi connectivity index (χ2v) is 7.89. The van der Waals surface area contributed by atoms with Crippen molar-refractivity contribution in [3.05, 3.63) is 72.6 Å². The number of hydrogen-bond donors (Lipinski definition) is 0. The molecule has 0 spiro atoms. The quantitative estimate of drug-likeness (QED) is 0.341. The standard InChI is InChI=1S/C26H22N2O/c1-2-6-17(5-1)13-18-11-12-27-23(14-18)19-9-10-24-22(15-19)25-26(29-24)21-8-4-3-7-20(21)16-28-25/h3-4,7-12,14-17H,1-2,5-6,13H2/i13D2. The zero-order valence-corrected chi connectivity index (χ0v) is 16.1. The van der Waals surface area contributed by atoms with Crippen LogP contribution in [0.2, 0.25) is 0 Å². The van der Waals surface area contributed by atoms with Crippen molar-refractivity contribution in [2.45, 2.75) is 32.1 Å². The molecule has 0 atom stereocenters. The van der Waals surface area contributed by atoms with Crippen molar-refractivity contribution in [3.63, 3.8) is 0 Å². The van der Waals surface area contributed by atoms with E-state index in [0.717, 1.165) is 69.8 Å². The third kappa shape index (κ3) is 2.89. The van der Waals surface area contributed by atoms with Crippen molar-refractivity contribution in [3.8, 4) is 11.3 Å². The van der Waals surface area contributed by atoms with E-state index >= 15 is 0 Å². The summed E-state index contributed by atoms with van der Waals surface area (Å²) >= 11 is 0. The van der Waals surface area contributed by atoms with Crippen LogP contribution in [-0.4, -0.2) is 9.97 Å². The fourth-order valence-electron chi connectivity index (χ4n) is 4.49. The van der Waals surface area contributed by atoms with Gasteiger partial charge in [0.05, 0.1) is 5.69 Å². The molecule has 2 aromatic carbocycles.